The Morgan fingerprint density at radius 3 is 2.80 bits per heavy atom. The number of hydrogen-bond acceptors (Lipinski definition) is 4. The van der Waals surface area contributed by atoms with Gasteiger partial charge in [0.1, 0.15) is 10.7 Å². The second-order valence-electron chi connectivity index (χ2n) is 4.60. The molecule has 20 heavy (non-hydrogen) atoms. The van der Waals surface area contributed by atoms with Gasteiger partial charge < -0.3 is 15.8 Å². The summed E-state index contributed by atoms with van der Waals surface area (Å²) in [5.41, 5.74) is 6.28. The summed E-state index contributed by atoms with van der Waals surface area (Å²) in [5.74, 6) is 2.67. The van der Waals surface area contributed by atoms with E-state index in [1.807, 2.05) is 23.9 Å². The van der Waals surface area contributed by atoms with Gasteiger partial charge in [0.15, 0.2) is 6.61 Å². The molecule has 108 valence electrons. The topological polar surface area (TPSA) is 64.3 Å². The van der Waals surface area contributed by atoms with Crippen molar-refractivity contribution in [3.05, 3.63) is 29.8 Å². The van der Waals surface area contributed by atoms with Gasteiger partial charge in [-0.3, -0.25) is 4.79 Å². The van der Waals surface area contributed by atoms with Crippen LogP contribution in [0.2, 0.25) is 0 Å². The predicted molar refractivity (Wildman–Crippen MR) is 86.3 cm³/mol. The van der Waals surface area contributed by atoms with Crippen molar-refractivity contribution in [3.63, 3.8) is 0 Å². The Morgan fingerprint density at radius 1 is 1.40 bits per heavy atom. The molecule has 1 amide bonds. The molecule has 0 atom stereocenters. The number of amides is 1. The number of para-hydroxylation sites is 1. The van der Waals surface area contributed by atoms with E-state index in [1.165, 1.54) is 0 Å². The van der Waals surface area contributed by atoms with Gasteiger partial charge in [-0.1, -0.05) is 24.4 Å². The lowest BCUT2D eigenvalue weighted by atomic mass is 10.1. The summed E-state index contributed by atoms with van der Waals surface area (Å²) in [4.78, 5) is 12.1. The number of thiocarbonyl (C=S) groups is 1. The third-order valence-corrected chi connectivity index (χ3v) is 4.37. The van der Waals surface area contributed by atoms with Crippen LogP contribution in [0.25, 0.3) is 0 Å². The van der Waals surface area contributed by atoms with E-state index in [4.69, 9.17) is 22.7 Å². The van der Waals surface area contributed by atoms with Crippen molar-refractivity contribution in [2.24, 2.45) is 5.73 Å². The van der Waals surface area contributed by atoms with Gasteiger partial charge in [0.2, 0.25) is 0 Å². The number of benzene rings is 1. The summed E-state index contributed by atoms with van der Waals surface area (Å²) in [5, 5.41) is 3.00. The van der Waals surface area contributed by atoms with E-state index in [0.29, 0.717) is 11.3 Å². The van der Waals surface area contributed by atoms with Crippen molar-refractivity contribution < 1.29 is 9.53 Å². The zero-order chi connectivity index (χ0) is 14.4. The number of ether oxygens (including phenoxy) is 1. The number of thioether (sulfide) groups is 1. The van der Waals surface area contributed by atoms with Crippen LogP contribution in [0.3, 0.4) is 0 Å². The van der Waals surface area contributed by atoms with Crippen LogP contribution in [-0.4, -0.2) is 35.1 Å². The van der Waals surface area contributed by atoms with E-state index in [2.05, 4.69) is 5.32 Å². The van der Waals surface area contributed by atoms with Crippen molar-refractivity contribution in [1.29, 1.82) is 0 Å². The van der Waals surface area contributed by atoms with Crippen LogP contribution in [0.15, 0.2) is 24.3 Å². The van der Waals surface area contributed by atoms with Crippen LogP contribution < -0.4 is 15.8 Å². The fourth-order valence-corrected chi connectivity index (χ4v) is 3.33. The first-order valence-corrected chi connectivity index (χ1v) is 8.12. The van der Waals surface area contributed by atoms with Crippen LogP contribution in [0.4, 0.5) is 0 Å². The Morgan fingerprint density at radius 2 is 2.10 bits per heavy atom. The third kappa shape index (κ3) is 4.38. The summed E-state index contributed by atoms with van der Waals surface area (Å²) in [7, 11) is 0. The van der Waals surface area contributed by atoms with Gasteiger partial charge in [0.25, 0.3) is 5.91 Å². The molecule has 0 spiro atoms. The molecule has 3 N–H and O–H groups in total. The van der Waals surface area contributed by atoms with E-state index in [9.17, 15) is 4.79 Å². The number of carbonyl (C=O) groups is 1. The maximum absolute atomic E-state index is 11.9. The Balaban J connectivity index is 1.85. The SMILES string of the molecule is NC(=S)c1ccccc1OCC(=O)NC1CCSCC1. The van der Waals surface area contributed by atoms with E-state index in [1.54, 1.807) is 12.1 Å². The summed E-state index contributed by atoms with van der Waals surface area (Å²) in [6.45, 7) is -0.0106. The minimum atomic E-state index is -0.0976. The third-order valence-electron chi connectivity index (χ3n) is 3.10. The first-order chi connectivity index (χ1) is 9.66. The number of hydrogen-bond donors (Lipinski definition) is 2. The quantitative estimate of drug-likeness (QED) is 0.811. The highest BCUT2D eigenvalue weighted by Gasteiger charge is 2.16. The largest absolute Gasteiger partial charge is 0.483 e. The molecule has 0 aromatic heterocycles. The van der Waals surface area contributed by atoms with Gasteiger partial charge in [-0.25, -0.2) is 0 Å². The molecule has 1 aliphatic heterocycles. The van der Waals surface area contributed by atoms with Crippen LogP contribution in [0.5, 0.6) is 5.75 Å². The smallest absolute Gasteiger partial charge is 0.258 e. The molecule has 1 aromatic rings. The first kappa shape index (κ1) is 15.1. The van der Waals surface area contributed by atoms with Gasteiger partial charge in [0, 0.05) is 6.04 Å². The highest BCUT2D eigenvalue weighted by atomic mass is 32.2. The van der Waals surface area contributed by atoms with Crippen LogP contribution in [0.1, 0.15) is 18.4 Å². The highest BCUT2D eigenvalue weighted by molar-refractivity contribution is 7.99. The zero-order valence-corrected chi connectivity index (χ0v) is 12.8. The zero-order valence-electron chi connectivity index (χ0n) is 11.1. The van der Waals surface area contributed by atoms with Crippen molar-refractivity contribution in [2.45, 2.75) is 18.9 Å². The van der Waals surface area contributed by atoms with Gasteiger partial charge in [-0.05, 0) is 36.5 Å². The summed E-state index contributed by atoms with van der Waals surface area (Å²) in [6.07, 6.45) is 2.06. The fourth-order valence-electron chi connectivity index (χ4n) is 2.05. The molecule has 0 bridgehead atoms. The molecular weight excluding hydrogens is 292 g/mol. The fraction of sp³-hybridized carbons (Fsp3) is 0.429. The van der Waals surface area contributed by atoms with Gasteiger partial charge in [-0.15, -0.1) is 0 Å². The molecular formula is C14H18N2O2S2. The number of carbonyl (C=O) groups excluding carboxylic acids is 1. The Labute approximate surface area is 128 Å². The van der Waals surface area contributed by atoms with E-state index in [-0.39, 0.29) is 23.5 Å². The Kier molecular flexibility index (Phi) is 5.67. The Hall–Kier alpha value is -1.27. The molecule has 0 aliphatic carbocycles. The minimum Gasteiger partial charge on any atom is -0.483 e. The summed E-state index contributed by atoms with van der Waals surface area (Å²) >= 11 is 6.89. The van der Waals surface area contributed by atoms with Crippen molar-refractivity contribution in [1.82, 2.24) is 5.32 Å². The average Bonchev–Trinajstić information content (AvgIpc) is 2.46. The second-order valence-corrected chi connectivity index (χ2v) is 6.27. The van der Waals surface area contributed by atoms with Crippen molar-refractivity contribution in [3.8, 4) is 5.75 Å². The normalized spacial score (nSPS) is 15.6. The van der Waals surface area contributed by atoms with Crippen LogP contribution in [0, 0.1) is 0 Å². The molecule has 1 aromatic carbocycles. The van der Waals surface area contributed by atoms with Gasteiger partial charge in [0.05, 0.1) is 5.56 Å². The monoisotopic (exact) mass is 310 g/mol. The molecule has 0 saturated carbocycles. The van der Waals surface area contributed by atoms with Crippen LogP contribution >= 0.6 is 24.0 Å². The standard InChI is InChI=1S/C14H18N2O2S2/c15-14(19)11-3-1-2-4-12(11)18-9-13(17)16-10-5-7-20-8-6-10/h1-4,10H,5-9H2,(H2,15,19)(H,16,17). The molecule has 1 heterocycles. The van der Waals surface area contributed by atoms with E-state index in [0.717, 1.165) is 24.3 Å². The van der Waals surface area contributed by atoms with Gasteiger partial charge >= 0.3 is 0 Å². The van der Waals surface area contributed by atoms with Crippen molar-refractivity contribution >= 4 is 34.9 Å². The molecule has 1 saturated heterocycles. The second kappa shape index (κ2) is 7.50. The molecule has 2 rings (SSSR count). The lowest BCUT2D eigenvalue weighted by Crippen LogP contribution is -2.40. The lowest BCUT2D eigenvalue weighted by Gasteiger charge is -2.22. The molecule has 4 nitrogen and oxygen atoms in total. The number of nitrogens with two attached hydrogens (primary N) is 1. The molecule has 1 fully saturated rings. The summed E-state index contributed by atoms with van der Waals surface area (Å²) in [6, 6.07) is 7.49. The minimum absolute atomic E-state index is 0.0106. The molecule has 6 heteroatoms. The van der Waals surface area contributed by atoms with E-state index >= 15 is 0 Å². The van der Waals surface area contributed by atoms with Gasteiger partial charge in [-0.2, -0.15) is 11.8 Å². The molecule has 0 radical (unpaired) electrons. The van der Waals surface area contributed by atoms with E-state index < -0.39 is 0 Å². The lowest BCUT2D eigenvalue weighted by molar-refractivity contribution is -0.123. The predicted octanol–water partition coefficient (Wildman–Crippen LogP) is 1.71. The summed E-state index contributed by atoms with van der Waals surface area (Å²) < 4.78 is 5.52. The molecule has 1 aliphatic rings. The maximum Gasteiger partial charge on any atom is 0.258 e. The average molecular weight is 310 g/mol. The maximum atomic E-state index is 11.9. The number of nitrogens with one attached hydrogen (secondary N) is 1. The first-order valence-electron chi connectivity index (χ1n) is 6.55. The Bertz CT molecular complexity index is 488. The number of rotatable bonds is 5. The van der Waals surface area contributed by atoms with Crippen molar-refractivity contribution in [2.75, 3.05) is 18.1 Å². The highest BCUT2D eigenvalue weighted by Crippen LogP contribution is 2.18. The molecule has 0 unspecified atom stereocenters. The van der Waals surface area contributed by atoms with Crippen LogP contribution in [-0.2, 0) is 4.79 Å².